The molecule has 0 aliphatic rings. The highest BCUT2D eigenvalue weighted by Crippen LogP contribution is 2.26. The maximum Gasteiger partial charge on any atom is 0.405 e. The van der Waals surface area contributed by atoms with E-state index in [0.717, 1.165) is 7.11 Å². The van der Waals surface area contributed by atoms with E-state index >= 15 is 0 Å². The Morgan fingerprint density at radius 2 is 1.91 bits per heavy atom. The first-order valence-electron chi connectivity index (χ1n) is 6.45. The molecule has 1 N–H and O–H groups in total. The zero-order chi connectivity index (χ0) is 17.6. The number of hydrogen-bond acceptors (Lipinski definition) is 5. The van der Waals surface area contributed by atoms with Gasteiger partial charge in [0, 0.05) is 6.07 Å². The van der Waals surface area contributed by atoms with Crippen LogP contribution in [0.4, 0.5) is 13.2 Å². The summed E-state index contributed by atoms with van der Waals surface area (Å²) >= 11 is 0. The molecule has 1 atom stereocenters. The van der Waals surface area contributed by atoms with Crippen molar-refractivity contribution in [2.75, 3.05) is 20.8 Å². The normalized spacial score (nSPS) is 12.3. The molecule has 1 aromatic carbocycles. The number of benzene rings is 1. The van der Waals surface area contributed by atoms with Crippen molar-refractivity contribution in [3.63, 3.8) is 0 Å². The first-order valence-corrected chi connectivity index (χ1v) is 6.45. The maximum atomic E-state index is 12.1. The zero-order valence-corrected chi connectivity index (χ0v) is 12.7. The van der Waals surface area contributed by atoms with Crippen LogP contribution in [0.25, 0.3) is 0 Å². The third-order valence-electron chi connectivity index (χ3n) is 2.73. The van der Waals surface area contributed by atoms with Crippen LogP contribution in [0.3, 0.4) is 0 Å². The SMILES string of the molecule is COC(=O)c1ccc(OC)cc1OC(C)C(=O)NCC(F)(F)F. The van der Waals surface area contributed by atoms with Gasteiger partial charge in [0.15, 0.2) is 6.10 Å². The van der Waals surface area contributed by atoms with Crippen molar-refractivity contribution in [3.8, 4) is 11.5 Å². The average Bonchev–Trinajstić information content (AvgIpc) is 2.50. The molecule has 0 aliphatic heterocycles. The summed E-state index contributed by atoms with van der Waals surface area (Å²) in [6.07, 6.45) is -5.78. The first-order chi connectivity index (χ1) is 10.7. The lowest BCUT2D eigenvalue weighted by molar-refractivity contribution is -0.142. The van der Waals surface area contributed by atoms with Crippen LogP contribution >= 0.6 is 0 Å². The van der Waals surface area contributed by atoms with Crippen LogP contribution in [0.15, 0.2) is 18.2 Å². The van der Waals surface area contributed by atoms with Crippen LogP contribution in [0.2, 0.25) is 0 Å². The Balaban J connectivity index is 2.89. The molecule has 0 bridgehead atoms. The Labute approximate surface area is 130 Å². The van der Waals surface area contributed by atoms with Gasteiger partial charge in [-0.2, -0.15) is 13.2 Å². The summed E-state index contributed by atoms with van der Waals surface area (Å²) in [6.45, 7) is -0.215. The van der Waals surface area contributed by atoms with E-state index < -0.39 is 30.7 Å². The minimum absolute atomic E-state index is 0.0174. The molecule has 9 heteroatoms. The number of nitrogens with one attached hydrogen (secondary N) is 1. The molecular weight excluding hydrogens is 319 g/mol. The fraction of sp³-hybridized carbons (Fsp3) is 0.429. The number of ether oxygens (including phenoxy) is 3. The van der Waals surface area contributed by atoms with Crippen LogP contribution < -0.4 is 14.8 Å². The number of carbonyl (C=O) groups excluding carboxylic acids is 2. The molecule has 0 saturated carbocycles. The summed E-state index contributed by atoms with van der Waals surface area (Å²) < 4.78 is 51.1. The standard InChI is InChI=1S/C14H16F3NO5/c1-8(12(19)18-7-14(15,16)17)23-11-6-9(21-2)4-5-10(11)13(20)22-3/h4-6,8H,7H2,1-3H3,(H,18,19). The first kappa shape index (κ1) is 18.6. The van der Waals surface area contributed by atoms with Gasteiger partial charge in [-0.15, -0.1) is 0 Å². The summed E-state index contributed by atoms with van der Waals surface area (Å²) in [4.78, 5) is 23.3. The lowest BCUT2D eigenvalue weighted by Gasteiger charge is -2.17. The number of esters is 1. The van der Waals surface area contributed by atoms with E-state index in [9.17, 15) is 22.8 Å². The summed E-state index contributed by atoms with van der Waals surface area (Å²) in [5.41, 5.74) is 0.0174. The highest BCUT2D eigenvalue weighted by Gasteiger charge is 2.29. The number of methoxy groups -OCH3 is 2. The fourth-order valence-electron chi connectivity index (χ4n) is 1.58. The van der Waals surface area contributed by atoms with Gasteiger partial charge in [-0.3, -0.25) is 4.79 Å². The minimum Gasteiger partial charge on any atom is -0.497 e. The second-order valence-electron chi connectivity index (χ2n) is 4.45. The highest BCUT2D eigenvalue weighted by molar-refractivity contribution is 5.93. The number of halogens is 3. The van der Waals surface area contributed by atoms with Gasteiger partial charge in [-0.05, 0) is 19.1 Å². The fourth-order valence-corrected chi connectivity index (χ4v) is 1.58. The monoisotopic (exact) mass is 335 g/mol. The third-order valence-corrected chi connectivity index (χ3v) is 2.73. The van der Waals surface area contributed by atoms with Crippen molar-refractivity contribution in [2.45, 2.75) is 19.2 Å². The predicted molar refractivity (Wildman–Crippen MR) is 73.5 cm³/mol. The van der Waals surface area contributed by atoms with Crippen LogP contribution in [0, 0.1) is 0 Å². The van der Waals surface area contributed by atoms with Crippen LogP contribution in [0.1, 0.15) is 17.3 Å². The van der Waals surface area contributed by atoms with Gasteiger partial charge in [0.2, 0.25) is 0 Å². The van der Waals surface area contributed by atoms with Gasteiger partial charge >= 0.3 is 12.1 Å². The van der Waals surface area contributed by atoms with Gasteiger partial charge in [0.1, 0.15) is 23.6 Å². The molecule has 1 unspecified atom stereocenters. The van der Waals surface area contributed by atoms with E-state index in [2.05, 4.69) is 4.74 Å². The van der Waals surface area contributed by atoms with Crippen molar-refractivity contribution in [3.05, 3.63) is 23.8 Å². The maximum absolute atomic E-state index is 12.1. The van der Waals surface area contributed by atoms with Gasteiger partial charge in [0.25, 0.3) is 5.91 Å². The van der Waals surface area contributed by atoms with Gasteiger partial charge < -0.3 is 19.5 Å². The molecule has 23 heavy (non-hydrogen) atoms. The molecular formula is C14H16F3NO5. The highest BCUT2D eigenvalue weighted by atomic mass is 19.4. The lowest BCUT2D eigenvalue weighted by Crippen LogP contribution is -2.41. The summed E-state index contributed by atoms with van der Waals surface area (Å²) in [6, 6.07) is 4.17. The Kier molecular flexibility index (Phi) is 6.23. The van der Waals surface area contributed by atoms with E-state index in [4.69, 9.17) is 9.47 Å². The Morgan fingerprint density at radius 1 is 1.26 bits per heavy atom. The van der Waals surface area contributed by atoms with E-state index in [1.165, 1.54) is 32.2 Å². The van der Waals surface area contributed by atoms with Crippen LogP contribution in [0.5, 0.6) is 11.5 Å². The van der Waals surface area contributed by atoms with E-state index in [-0.39, 0.29) is 11.3 Å². The zero-order valence-electron chi connectivity index (χ0n) is 12.7. The van der Waals surface area contributed by atoms with E-state index in [1.54, 1.807) is 5.32 Å². The molecule has 0 spiro atoms. The largest absolute Gasteiger partial charge is 0.497 e. The molecule has 1 rings (SSSR count). The molecule has 0 radical (unpaired) electrons. The summed E-state index contributed by atoms with van der Waals surface area (Å²) in [5.74, 6) is -1.38. The average molecular weight is 335 g/mol. The molecule has 0 fully saturated rings. The topological polar surface area (TPSA) is 73.9 Å². The Bertz CT molecular complexity index is 574. The van der Waals surface area contributed by atoms with Crippen molar-refractivity contribution in [1.82, 2.24) is 5.32 Å². The predicted octanol–water partition coefficient (Wildman–Crippen LogP) is 1.93. The molecule has 128 valence electrons. The Hall–Kier alpha value is -2.45. The van der Waals surface area contributed by atoms with Crippen molar-refractivity contribution in [1.29, 1.82) is 0 Å². The molecule has 0 heterocycles. The van der Waals surface area contributed by atoms with Crippen molar-refractivity contribution in [2.24, 2.45) is 0 Å². The molecule has 1 aromatic rings. The quantitative estimate of drug-likeness (QED) is 0.804. The van der Waals surface area contributed by atoms with Crippen LogP contribution in [-0.2, 0) is 9.53 Å². The second-order valence-corrected chi connectivity index (χ2v) is 4.45. The molecule has 0 saturated heterocycles. The number of carbonyl (C=O) groups is 2. The van der Waals surface area contributed by atoms with Gasteiger partial charge in [-0.1, -0.05) is 0 Å². The molecule has 0 aliphatic carbocycles. The Morgan fingerprint density at radius 3 is 2.43 bits per heavy atom. The molecule has 6 nitrogen and oxygen atoms in total. The van der Waals surface area contributed by atoms with Gasteiger partial charge in [0.05, 0.1) is 14.2 Å². The number of rotatable bonds is 6. The molecule has 0 aromatic heterocycles. The summed E-state index contributed by atoms with van der Waals surface area (Å²) in [7, 11) is 2.55. The van der Waals surface area contributed by atoms with E-state index in [0.29, 0.717) is 5.75 Å². The minimum atomic E-state index is -4.53. The third kappa shape index (κ3) is 5.68. The number of alkyl halides is 3. The second kappa shape index (κ2) is 7.70. The summed E-state index contributed by atoms with van der Waals surface area (Å²) in [5, 5.41) is 1.70. The van der Waals surface area contributed by atoms with Gasteiger partial charge in [-0.25, -0.2) is 4.79 Å². The van der Waals surface area contributed by atoms with Crippen LogP contribution in [-0.4, -0.2) is 44.9 Å². The lowest BCUT2D eigenvalue weighted by atomic mass is 10.2. The number of hydrogen-bond donors (Lipinski definition) is 1. The van der Waals surface area contributed by atoms with Crippen molar-refractivity contribution < 1.29 is 37.0 Å². The smallest absolute Gasteiger partial charge is 0.405 e. The van der Waals surface area contributed by atoms with E-state index in [1.807, 2.05) is 0 Å². The van der Waals surface area contributed by atoms with Crippen molar-refractivity contribution >= 4 is 11.9 Å². The molecule has 1 amide bonds. The number of amides is 1.